The molecule has 0 aliphatic carbocycles. The molecule has 0 bridgehead atoms. The minimum atomic E-state index is -1.22. The second kappa shape index (κ2) is 8.66. The smallest absolute Gasteiger partial charge is 0.175 e. The standard InChI is InChI=1S/C13H25NO6/c1-8(16)5-3-2-4-6-19-13-10(14)12(18)11(17)9(7-15)20-13/h9-13,15,17-18H,2-7,14H2,1H3/t9?,10?,11-,12?,13+/m0/s1. The molecule has 1 saturated heterocycles. The molecule has 0 aromatic rings. The predicted molar refractivity (Wildman–Crippen MR) is 70.8 cm³/mol. The molecule has 0 aromatic carbocycles. The quantitative estimate of drug-likeness (QED) is 0.419. The van der Waals surface area contributed by atoms with Crippen molar-refractivity contribution in [1.29, 1.82) is 0 Å². The van der Waals surface area contributed by atoms with E-state index in [9.17, 15) is 15.0 Å². The molecule has 1 aliphatic heterocycles. The van der Waals surface area contributed by atoms with Gasteiger partial charge < -0.3 is 35.3 Å². The summed E-state index contributed by atoms with van der Waals surface area (Å²) in [7, 11) is 0. The van der Waals surface area contributed by atoms with Gasteiger partial charge in [-0.2, -0.15) is 0 Å². The fraction of sp³-hybridized carbons (Fsp3) is 0.923. The van der Waals surface area contributed by atoms with Crippen LogP contribution in [0, 0.1) is 0 Å². The normalized spacial score (nSPS) is 34.1. The van der Waals surface area contributed by atoms with Gasteiger partial charge in [0.1, 0.15) is 24.1 Å². The number of carbonyl (C=O) groups is 1. The molecule has 0 radical (unpaired) electrons. The molecule has 20 heavy (non-hydrogen) atoms. The maximum absolute atomic E-state index is 10.8. The van der Waals surface area contributed by atoms with Crippen LogP contribution >= 0.6 is 0 Å². The van der Waals surface area contributed by atoms with Gasteiger partial charge in [-0.25, -0.2) is 0 Å². The highest BCUT2D eigenvalue weighted by molar-refractivity contribution is 5.75. The van der Waals surface area contributed by atoms with Gasteiger partial charge in [0.25, 0.3) is 0 Å². The summed E-state index contributed by atoms with van der Waals surface area (Å²) in [5, 5.41) is 28.4. The molecule has 1 aliphatic rings. The van der Waals surface area contributed by atoms with E-state index in [1.54, 1.807) is 6.92 Å². The number of ketones is 1. The minimum absolute atomic E-state index is 0.173. The molecular weight excluding hydrogens is 266 g/mol. The minimum Gasteiger partial charge on any atom is -0.394 e. The lowest BCUT2D eigenvalue weighted by molar-refractivity contribution is -0.265. The highest BCUT2D eigenvalue weighted by Crippen LogP contribution is 2.20. The molecular formula is C13H25NO6. The van der Waals surface area contributed by atoms with Crippen molar-refractivity contribution in [1.82, 2.24) is 0 Å². The van der Waals surface area contributed by atoms with E-state index in [0.717, 1.165) is 19.3 Å². The van der Waals surface area contributed by atoms with Gasteiger partial charge in [-0.3, -0.25) is 0 Å². The van der Waals surface area contributed by atoms with Crippen molar-refractivity contribution >= 4 is 5.78 Å². The number of hydrogen-bond acceptors (Lipinski definition) is 7. The van der Waals surface area contributed by atoms with E-state index in [-0.39, 0.29) is 5.78 Å². The van der Waals surface area contributed by atoms with E-state index >= 15 is 0 Å². The Labute approximate surface area is 118 Å². The van der Waals surface area contributed by atoms with Crippen LogP contribution in [0.1, 0.15) is 32.6 Å². The highest BCUT2D eigenvalue weighted by atomic mass is 16.7. The average Bonchev–Trinajstić information content (AvgIpc) is 2.42. The Bertz CT molecular complexity index is 299. The summed E-state index contributed by atoms with van der Waals surface area (Å²) in [6.45, 7) is 1.54. The molecule has 7 heteroatoms. The highest BCUT2D eigenvalue weighted by Gasteiger charge is 2.42. The van der Waals surface area contributed by atoms with E-state index in [2.05, 4.69) is 0 Å². The summed E-state index contributed by atoms with van der Waals surface area (Å²) in [4.78, 5) is 10.8. The maximum Gasteiger partial charge on any atom is 0.175 e. The lowest BCUT2D eigenvalue weighted by Gasteiger charge is -2.40. The molecule has 7 nitrogen and oxygen atoms in total. The topological polar surface area (TPSA) is 122 Å². The van der Waals surface area contributed by atoms with E-state index in [1.165, 1.54) is 0 Å². The molecule has 0 aromatic heterocycles. The van der Waals surface area contributed by atoms with Crippen molar-refractivity contribution < 1.29 is 29.6 Å². The Morgan fingerprint density at radius 1 is 1.25 bits per heavy atom. The molecule has 1 rings (SSSR count). The van der Waals surface area contributed by atoms with Crippen LogP contribution in [-0.4, -0.2) is 65.0 Å². The summed E-state index contributed by atoms with van der Waals surface area (Å²) < 4.78 is 10.8. The molecule has 0 saturated carbocycles. The predicted octanol–water partition coefficient (Wildman–Crippen LogP) is -1.08. The molecule has 0 spiro atoms. The van der Waals surface area contributed by atoms with Gasteiger partial charge in [0.2, 0.25) is 0 Å². The zero-order valence-corrected chi connectivity index (χ0v) is 11.8. The van der Waals surface area contributed by atoms with Crippen LogP contribution in [0.25, 0.3) is 0 Å². The van der Waals surface area contributed by atoms with E-state index < -0.39 is 37.3 Å². The summed E-state index contributed by atoms with van der Waals surface area (Å²) >= 11 is 0. The van der Waals surface area contributed by atoms with Crippen LogP contribution in [0.5, 0.6) is 0 Å². The SMILES string of the molecule is CC(=O)CCCCCO[C@@H]1OC(CO)[C@H](O)C(O)C1N. The number of unbranched alkanes of at least 4 members (excludes halogenated alkanes) is 2. The summed E-state index contributed by atoms with van der Waals surface area (Å²) in [6, 6.07) is -0.856. The first kappa shape index (κ1) is 17.5. The van der Waals surface area contributed by atoms with Gasteiger partial charge in [-0.15, -0.1) is 0 Å². The van der Waals surface area contributed by atoms with Crippen LogP contribution in [0.4, 0.5) is 0 Å². The third kappa shape index (κ3) is 5.08. The molecule has 5 atom stereocenters. The van der Waals surface area contributed by atoms with Crippen molar-refractivity contribution in [3.63, 3.8) is 0 Å². The molecule has 3 unspecified atom stereocenters. The third-order valence-corrected chi connectivity index (χ3v) is 3.38. The number of nitrogens with two attached hydrogens (primary N) is 1. The van der Waals surface area contributed by atoms with Crippen molar-refractivity contribution in [3.8, 4) is 0 Å². The Kier molecular flexibility index (Phi) is 7.57. The average molecular weight is 291 g/mol. The number of Topliss-reactive ketones (excluding diaryl/α,β-unsaturated/α-hetero) is 1. The zero-order chi connectivity index (χ0) is 15.1. The van der Waals surface area contributed by atoms with Crippen molar-refractivity contribution in [2.45, 2.75) is 63.3 Å². The lowest BCUT2D eigenvalue weighted by Crippen LogP contribution is -2.62. The van der Waals surface area contributed by atoms with Crippen molar-refractivity contribution in [3.05, 3.63) is 0 Å². The van der Waals surface area contributed by atoms with Gasteiger partial charge in [-0.05, 0) is 19.8 Å². The monoisotopic (exact) mass is 291 g/mol. The molecule has 0 amide bonds. The van der Waals surface area contributed by atoms with Gasteiger partial charge in [0, 0.05) is 13.0 Å². The Hall–Kier alpha value is -0.570. The summed E-state index contributed by atoms with van der Waals surface area (Å²) in [5.74, 6) is 0.173. The Morgan fingerprint density at radius 2 is 1.95 bits per heavy atom. The number of ether oxygens (including phenoxy) is 2. The van der Waals surface area contributed by atoms with E-state index in [4.69, 9.17) is 20.3 Å². The van der Waals surface area contributed by atoms with Crippen molar-refractivity contribution in [2.75, 3.05) is 13.2 Å². The lowest BCUT2D eigenvalue weighted by atomic mass is 9.98. The van der Waals surface area contributed by atoms with Gasteiger partial charge in [-0.1, -0.05) is 6.42 Å². The summed E-state index contributed by atoms with van der Waals surface area (Å²) in [5.41, 5.74) is 5.72. The Balaban J connectivity index is 2.26. The van der Waals surface area contributed by atoms with Crippen molar-refractivity contribution in [2.24, 2.45) is 5.73 Å². The fourth-order valence-corrected chi connectivity index (χ4v) is 2.11. The molecule has 118 valence electrons. The fourth-order valence-electron chi connectivity index (χ4n) is 2.11. The van der Waals surface area contributed by atoms with Gasteiger partial charge >= 0.3 is 0 Å². The van der Waals surface area contributed by atoms with Crippen LogP contribution in [-0.2, 0) is 14.3 Å². The Morgan fingerprint density at radius 3 is 2.55 bits per heavy atom. The van der Waals surface area contributed by atoms with Crippen LogP contribution in [0.15, 0.2) is 0 Å². The first-order valence-electron chi connectivity index (χ1n) is 6.96. The maximum atomic E-state index is 10.8. The van der Waals surface area contributed by atoms with Gasteiger partial charge in [0.05, 0.1) is 12.6 Å². The van der Waals surface area contributed by atoms with Crippen LogP contribution < -0.4 is 5.73 Å². The summed E-state index contributed by atoms with van der Waals surface area (Å²) in [6.07, 6.45) is -1.16. The van der Waals surface area contributed by atoms with E-state index in [1.807, 2.05) is 0 Å². The number of hydrogen-bond donors (Lipinski definition) is 4. The molecule has 1 heterocycles. The zero-order valence-electron chi connectivity index (χ0n) is 11.8. The number of rotatable bonds is 8. The first-order chi connectivity index (χ1) is 9.47. The molecule has 1 fully saturated rings. The number of aliphatic hydroxyl groups excluding tert-OH is 3. The third-order valence-electron chi connectivity index (χ3n) is 3.38. The number of carbonyl (C=O) groups excluding carboxylic acids is 1. The van der Waals surface area contributed by atoms with Gasteiger partial charge in [0.15, 0.2) is 6.29 Å². The second-order valence-corrected chi connectivity index (χ2v) is 5.17. The molecule has 5 N–H and O–H groups in total. The van der Waals surface area contributed by atoms with E-state index in [0.29, 0.717) is 13.0 Å². The largest absolute Gasteiger partial charge is 0.394 e. The number of aliphatic hydroxyl groups is 3. The first-order valence-corrected chi connectivity index (χ1v) is 6.96. The van der Waals surface area contributed by atoms with Crippen LogP contribution in [0.2, 0.25) is 0 Å². The van der Waals surface area contributed by atoms with Crippen LogP contribution in [0.3, 0.4) is 0 Å². The second-order valence-electron chi connectivity index (χ2n) is 5.17.